The van der Waals surface area contributed by atoms with Gasteiger partial charge in [0.15, 0.2) is 5.65 Å². The summed E-state index contributed by atoms with van der Waals surface area (Å²) < 4.78 is 15.1. The molecule has 1 atom stereocenters. The van der Waals surface area contributed by atoms with Crippen LogP contribution < -0.4 is 5.73 Å². The molecule has 2 heterocycles. The fourth-order valence-electron chi connectivity index (χ4n) is 1.54. The van der Waals surface area contributed by atoms with Gasteiger partial charge in [0.05, 0.1) is 11.4 Å². The first-order valence-electron chi connectivity index (χ1n) is 6.29. The summed E-state index contributed by atoms with van der Waals surface area (Å²) in [4.78, 5) is 8.39. The van der Waals surface area contributed by atoms with Crippen LogP contribution in [0.1, 0.15) is 44.0 Å². The number of imidazole rings is 1. The maximum atomic E-state index is 13.2. The fourth-order valence-corrected chi connectivity index (χ4v) is 1.54. The van der Waals surface area contributed by atoms with Crippen LogP contribution in [0, 0.1) is 13.8 Å². The second-order valence-electron chi connectivity index (χ2n) is 3.73. The Morgan fingerprint density at radius 2 is 1.68 bits per heavy atom. The predicted octanol–water partition coefficient (Wildman–Crippen LogP) is 3.49. The highest BCUT2D eigenvalue weighted by atomic mass is 19.1. The van der Waals surface area contributed by atoms with Crippen molar-refractivity contribution >= 4 is 5.65 Å². The van der Waals surface area contributed by atoms with Gasteiger partial charge in [0.2, 0.25) is 0 Å². The Labute approximate surface area is 114 Å². The molecule has 0 saturated carbocycles. The standard InChI is InChI=1S/C10H12FN3.C2H5N.C2H6/c1-6-4-14-5-7(2)13-10(14)9(12-6)8(3)11;1-2-3;1-2/h4-5,8H,1-3H3;2H,1,3H2;1-2H3. The minimum atomic E-state index is -1.08. The fraction of sp³-hybridized carbons (Fsp3) is 0.429. The molecule has 106 valence electrons. The molecule has 2 rings (SSSR count). The Kier molecular flexibility index (Phi) is 7.41. The molecule has 19 heavy (non-hydrogen) atoms. The third kappa shape index (κ3) is 4.69. The largest absolute Gasteiger partial charge is 0.405 e. The Morgan fingerprint density at radius 1 is 1.26 bits per heavy atom. The Balaban J connectivity index is 0.000000573. The van der Waals surface area contributed by atoms with Crippen molar-refractivity contribution in [2.45, 2.75) is 40.8 Å². The Morgan fingerprint density at radius 3 is 2.11 bits per heavy atom. The first kappa shape index (κ1) is 17.1. The summed E-state index contributed by atoms with van der Waals surface area (Å²) in [5.41, 5.74) is 7.31. The number of rotatable bonds is 1. The molecule has 0 bridgehead atoms. The van der Waals surface area contributed by atoms with E-state index in [2.05, 4.69) is 22.3 Å². The van der Waals surface area contributed by atoms with Crippen molar-refractivity contribution in [1.82, 2.24) is 14.4 Å². The van der Waals surface area contributed by atoms with Gasteiger partial charge in [-0.25, -0.2) is 14.4 Å². The SMILES string of the molecule is C=CN.CC.Cc1cn2cc(C)nc2c(C(C)F)n1. The van der Waals surface area contributed by atoms with E-state index in [4.69, 9.17) is 0 Å². The minimum absolute atomic E-state index is 0.415. The highest BCUT2D eigenvalue weighted by molar-refractivity contribution is 5.46. The molecule has 2 aromatic rings. The molecule has 0 aliphatic heterocycles. The molecule has 0 radical (unpaired) electrons. The maximum absolute atomic E-state index is 13.2. The summed E-state index contributed by atoms with van der Waals surface area (Å²) >= 11 is 0. The van der Waals surface area contributed by atoms with Crippen LogP contribution in [0.25, 0.3) is 5.65 Å². The number of nitrogens with two attached hydrogens (primary N) is 1. The van der Waals surface area contributed by atoms with E-state index in [0.29, 0.717) is 11.3 Å². The van der Waals surface area contributed by atoms with E-state index in [-0.39, 0.29) is 0 Å². The van der Waals surface area contributed by atoms with Crippen LogP contribution in [0.3, 0.4) is 0 Å². The molecular formula is C14H23FN4. The van der Waals surface area contributed by atoms with Crippen LogP contribution >= 0.6 is 0 Å². The molecule has 4 nitrogen and oxygen atoms in total. The van der Waals surface area contributed by atoms with Crippen molar-refractivity contribution in [2.75, 3.05) is 0 Å². The quantitative estimate of drug-likeness (QED) is 0.859. The van der Waals surface area contributed by atoms with Crippen LogP contribution in [0.2, 0.25) is 0 Å². The van der Waals surface area contributed by atoms with Crippen LogP contribution in [-0.4, -0.2) is 14.4 Å². The van der Waals surface area contributed by atoms with E-state index in [1.807, 2.05) is 44.5 Å². The molecule has 0 aromatic carbocycles. The first-order valence-corrected chi connectivity index (χ1v) is 6.29. The molecule has 0 spiro atoms. The highest BCUT2D eigenvalue weighted by Crippen LogP contribution is 2.19. The monoisotopic (exact) mass is 266 g/mol. The van der Waals surface area contributed by atoms with E-state index in [1.54, 1.807) is 0 Å². The van der Waals surface area contributed by atoms with Gasteiger partial charge in [0.25, 0.3) is 0 Å². The van der Waals surface area contributed by atoms with Gasteiger partial charge in [-0.15, -0.1) is 0 Å². The second kappa shape index (κ2) is 8.24. The zero-order valence-electron chi connectivity index (χ0n) is 12.3. The minimum Gasteiger partial charge on any atom is -0.405 e. The summed E-state index contributed by atoms with van der Waals surface area (Å²) in [5, 5.41) is 0. The van der Waals surface area contributed by atoms with Gasteiger partial charge in [-0.1, -0.05) is 20.4 Å². The molecule has 0 amide bonds. The third-order valence-corrected chi connectivity index (χ3v) is 2.08. The highest BCUT2D eigenvalue weighted by Gasteiger charge is 2.12. The maximum Gasteiger partial charge on any atom is 0.161 e. The van der Waals surface area contributed by atoms with Crippen LogP contribution in [0.5, 0.6) is 0 Å². The van der Waals surface area contributed by atoms with E-state index in [9.17, 15) is 4.39 Å². The summed E-state index contributed by atoms with van der Waals surface area (Å²) in [5.74, 6) is 0. The number of hydrogen-bond donors (Lipinski definition) is 1. The van der Waals surface area contributed by atoms with Gasteiger partial charge >= 0.3 is 0 Å². The van der Waals surface area contributed by atoms with Gasteiger partial charge in [-0.05, 0) is 27.0 Å². The lowest BCUT2D eigenvalue weighted by Crippen LogP contribution is -1.99. The molecule has 2 N–H and O–H groups in total. The smallest absolute Gasteiger partial charge is 0.161 e. The van der Waals surface area contributed by atoms with E-state index < -0.39 is 6.17 Å². The predicted molar refractivity (Wildman–Crippen MR) is 77.7 cm³/mol. The van der Waals surface area contributed by atoms with Crippen LogP contribution in [0.15, 0.2) is 25.2 Å². The molecule has 0 aliphatic carbocycles. The van der Waals surface area contributed by atoms with Gasteiger partial charge in [0.1, 0.15) is 11.9 Å². The number of hydrogen-bond acceptors (Lipinski definition) is 3. The molecule has 0 saturated heterocycles. The number of aromatic nitrogens is 3. The van der Waals surface area contributed by atoms with Crippen molar-refractivity contribution in [3.05, 3.63) is 42.3 Å². The number of alkyl halides is 1. The zero-order valence-corrected chi connectivity index (χ0v) is 12.3. The lowest BCUT2D eigenvalue weighted by Gasteiger charge is -2.04. The first-order chi connectivity index (χ1) is 8.99. The van der Waals surface area contributed by atoms with Crippen molar-refractivity contribution in [2.24, 2.45) is 5.73 Å². The molecular weight excluding hydrogens is 243 g/mol. The van der Waals surface area contributed by atoms with E-state index in [1.165, 1.54) is 13.1 Å². The Hall–Kier alpha value is -1.91. The third-order valence-electron chi connectivity index (χ3n) is 2.08. The van der Waals surface area contributed by atoms with Gasteiger partial charge in [-0.3, -0.25) is 0 Å². The summed E-state index contributed by atoms with van der Waals surface area (Å²) in [6, 6.07) is 0. The van der Waals surface area contributed by atoms with Crippen molar-refractivity contribution in [3.63, 3.8) is 0 Å². The number of nitrogens with zero attached hydrogens (tertiary/aromatic N) is 3. The molecule has 0 aliphatic rings. The Bertz CT molecular complexity index is 517. The molecule has 0 fully saturated rings. The zero-order chi connectivity index (χ0) is 15.0. The number of aryl methyl sites for hydroxylation is 2. The van der Waals surface area contributed by atoms with Crippen LogP contribution in [-0.2, 0) is 0 Å². The average molecular weight is 266 g/mol. The second-order valence-corrected chi connectivity index (χ2v) is 3.73. The average Bonchev–Trinajstić information content (AvgIpc) is 2.71. The molecule has 1 unspecified atom stereocenters. The van der Waals surface area contributed by atoms with Crippen molar-refractivity contribution < 1.29 is 4.39 Å². The molecule has 2 aromatic heterocycles. The van der Waals surface area contributed by atoms with Crippen LogP contribution in [0.4, 0.5) is 4.39 Å². The topological polar surface area (TPSA) is 56.2 Å². The van der Waals surface area contributed by atoms with Crippen molar-refractivity contribution in [1.29, 1.82) is 0 Å². The molecule has 5 heteroatoms. The summed E-state index contributed by atoms with van der Waals surface area (Å²) in [6.45, 7) is 12.3. The number of fused-ring (bicyclic) bond motifs is 1. The number of halogens is 1. The van der Waals surface area contributed by atoms with Crippen molar-refractivity contribution in [3.8, 4) is 0 Å². The summed E-state index contributed by atoms with van der Waals surface area (Å²) in [6.07, 6.45) is 3.89. The van der Waals surface area contributed by atoms with Gasteiger partial charge in [-0.2, -0.15) is 0 Å². The van der Waals surface area contributed by atoms with Gasteiger partial charge in [0, 0.05) is 12.4 Å². The summed E-state index contributed by atoms with van der Waals surface area (Å²) in [7, 11) is 0. The van der Waals surface area contributed by atoms with E-state index in [0.717, 1.165) is 11.4 Å². The normalized spacial score (nSPS) is 10.8. The van der Waals surface area contributed by atoms with Gasteiger partial charge < -0.3 is 10.1 Å². The lowest BCUT2D eigenvalue weighted by atomic mass is 10.3. The lowest BCUT2D eigenvalue weighted by molar-refractivity contribution is 0.366. The van der Waals surface area contributed by atoms with E-state index >= 15 is 0 Å².